The van der Waals surface area contributed by atoms with E-state index in [0.717, 1.165) is 38.4 Å². The van der Waals surface area contributed by atoms with Gasteiger partial charge in [0.05, 0.1) is 0 Å². The monoisotopic (exact) mass is 241 g/mol. The van der Waals surface area contributed by atoms with Crippen molar-refractivity contribution in [2.24, 2.45) is 0 Å². The largest absolute Gasteiger partial charge is 0.338 e. The summed E-state index contributed by atoms with van der Waals surface area (Å²) in [6, 6.07) is 0. The number of aromatic nitrogens is 3. The molecule has 16 heavy (non-hydrogen) atoms. The Labute approximate surface area is 100 Å². The van der Waals surface area contributed by atoms with Crippen molar-refractivity contribution >= 4 is 17.5 Å². The maximum Gasteiger partial charge on any atom is 0.229 e. The average molecular weight is 242 g/mol. The first kappa shape index (κ1) is 11.5. The Kier molecular flexibility index (Phi) is 3.56. The molecule has 1 fully saturated rings. The van der Waals surface area contributed by atoms with Crippen molar-refractivity contribution in [3.05, 3.63) is 11.1 Å². The molecule has 1 aliphatic heterocycles. The van der Waals surface area contributed by atoms with Crippen LogP contribution in [0.5, 0.6) is 0 Å². The Bertz CT molecular complexity index is 362. The summed E-state index contributed by atoms with van der Waals surface area (Å²) < 4.78 is 0. The second-order valence-electron chi connectivity index (χ2n) is 3.96. The Morgan fingerprint density at radius 2 is 1.81 bits per heavy atom. The van der Waals surface area contributed by atoms with Gasteiger partial charge >= 0.3 is 0 Å². The van der Waals surface area contributed by atoms with Crippen LogP contribution in [0, 0.1) is 0 Å². The molecule has 1 aromatic rings. The molecule has 1 aliphatic rings. The Morgan fingerprint density at radius 3 is 2.44 bits per heavy atom. The van der Waals surface area contributed by atoms with Crippen LogP contribution >= 0.6 is 11.6 Å². The van der Waals surface area contributed by atoms with Gasteiger partial charge < -0.3 is 9.80 Å². The summed E-state index contributed by atoms with van der Waals surface area (Å²) in [4.78, 5) is 17.1. The average Bonchev–Trinajstić information content (AvgIpc) is 2.29. The van der Waals surface area contributed by atoms with Gasteiger partial charge in [-0.05, 0) is 18.6 Å². The number of anilines is 1. The van der Waals surface area contributed by atoms with Crippen molar-refractivity contribution in [2.45, 2.75) is 13.3 Å². The molecule has 0 saturated carbocycles. The summed E-state index contributed by atoms with van der Waals surface area (Å²) in [5.74, 6) is 1.47. The lowest BCUT2D eigenvalue weighted by molar-refractivity contribution is 0.311. The van der Waals surface area contributed by atoms with Gasteiger partial charge in [0, 0.05) is 32.6 Å². The van der Waals surface area contributed by atoms with E-state index in [-0.39, 0.29) is 0 Å². The van der Waals surface area contributed by atoms with E-state index in [1.807, 2.05) is 6.92 Å². The molecule has 0 aromatic carbocycles. The molecular weight excluding hydrogens is 226 g/mol. The zero-order valence-corrected chi connectivity index (χ0v) is 10.4. The van der Waals surface area contributed by atoms with Gasteiger partial charge in [0.25, 0.3) is 0 Å². The molecule has 88 valence electrons. The van der Waals surface area contributed by atoms with Crippen molar-refractivity contribution in [2.75, 3.05) is 38.1 Å². The van der Waals surface area contributed by atoms with Gasteiger partial charge in [-0.1, -0.05) is 6.92 Å². The van der Waals surface area contributed by atoms with E-state index in [1.54, 1.807) is 0 Å². The van der Waals surface area contributed by atoms with E-state index < -0.39 is 0 Å². The van der Waals surface area contributed by atoms with E-state index in [0.29, 0.717) is 11.2 Å². The molecule has 0 spiro atoms. The number of rotatable bonds is 2. The fourth-order valence-electron chi connectivity index (χ4n) is 1.69. The molecular formula is C10H16ClN5. The van der Waals surface area contributed by atoms with Crippen LogP contribution in [-0.4, -0.2) is 53.1 Å². The van der Waals surface area contributed by atoms with Crippen LogP contribution in [0.4, 0.5) is 5.95 Å². The highest BCUT2D eigenvalue weighted by Gasteiger charge is 2.17. The zero-order chi connectivity index (χ0) is 11.5. The normalized spacial score (nSPS) is 17.8. The van der Waals surface area contributed by atoms with Gasteiger partial charge in [-0.2, -0.15) is 9.97 Å². The second-order valence-corrected chi connectivity index (χ2v) is 4.30. The SMILES string of the molecule is CCc1nc(Cl)nc(N2CCN(C)CC2)n1. The van der Waals surface area contributed by atoms with Gasteiger partial charge in [-0.3, -0.25) is 0 Å². The molecule has 2 heterocycles. The molecule has 0 radical (unpaired) electrons. The molecule has 0 N–H and O–H groups in total. The molecule has 0 amide bonds. The molecule has 1 saturated heterocycles. The van der Waals surface area contributed by atoms with Gasteiger partial charge in [0.15, 0.2) is 0 Å². The minimum atomic E-state index is 0.292. The van der Waals surface area contributed by atoms with Crippen LogP contribution in [-0.2, 0) is 6.42 Å². The minimum absolute atomic E-state index is 0.292. The lowest BCUT2D eigenvalue weighted by Crippen LogP contribution is -2.45. The summed E-state index contributed by atoms with van der Waals surface area (Å²) in [6.07, 6.45) is 0.781. The Morgan fingerprint density at radius 1 is 1.12 bits per heavy atom. The first-order chi connectivity index (χ1) is 7.69. The number of halogens is 1. The van der Waals surface area contributed by atoms with Gasteiger partial charge in [0.1, 0.15) is 5.82 Å². The maximum absolute atomic E-state index is 5.88. The first-order valence-corrected chi connectivity index (χ1v) is 5.90. The van der Waals surface area contributed by atoms with E-state index in [9.17, 15) is 0 Å². The number of hydrogen-bond acceptors (Lipinski definition) is 5. The molecule has 0 unspecified atom stereocenters. The van der Waals surface area contributed by atoms with Crippen LogP contribution in [0.25, 0.3) is 0 Å². The number of aryl methyl sites for hydroxylation is 1. The van der Waals surface area contributed by atoms with Crippen molar-refractivity contribution in [1.29, 1.82) is 0 Å². The van der Waals surface area contributed by atoms with Crippen LogP contribution in [0.1, 0.15) is 12.7 Å². The number of hydrogen-bond donors (Lipinski definition) is 0. The molecule has 0 atom stereocenters. The van der Waals surface area contributed by atoms with Crippen molar-refractivity contribution in [1.82, 2.24) is 19.9 Å². The van der Waals surface area contributed by atoms with Crippen LogP contribution in [0.3, 0.4) is 0 Å². The summed E-state index contributed by atoms with van der Waals surface area (Å²) >= 11 is 5.88. The van der Waals surface area contributed by atoms with E-state index in [2.05, 4.69) is 31.8 Å². The molecule has 0 aliphatic carbocycles. The van der Waals surface area contributed by atoms with Gasteiger partial charge in [-0.25, -0.2) is 4.98 Å². The summed E-state index contributed by atoms with van der Waals surface area (Å²) in [5, 5.41) is 0.292. The fourth-order valence-corrected chi connectivity index (χ4v) is 1.86. The molecule has 2 rings (SSSR count). The minimum Gasteiger partial charge on any atom is -0.338 e. The fraction of sp³-hybridized carbons (Fsp3) is 0.700. The third-order valence-electron chi connectivity index (χ3n) is 2.74. The highest BCUT2D eigenvalue weighted by Crippen LogP contribution is 2.13. The van der Waals surface area contributed by atoms with Crippen molar-refractivity contribution < 1.29 is 0 Å². The molecule has 6 heteroatoms. The molecule has 5 nitrogen and oxygen atoms in total. The van der Waals surface area contributed by atoms with E-state index in [1.165, 1.54) is 0 Å². The zero-order valence-electron chi connectivity index (χ0n) is 9.65. The Balaban J connectivity index is 2.16. The smallest absolute Gasteiger partial charge is 0.229 e. The molecule has 1 aromatic heterocycles. The van der Waals surface area contributed by atoms with Crippen LogP contribution in [0.2, 0.25) is 5.28 Å². The number of likely N-dealkylation sites (N-methyl/N-ethyl adjacent to an activating group) is 1. The summed E-state index contributed by atoms with van der Waals surface area (Å²) in [6.45, 7) is 5.97. The summed E-state index contributed by atoms with van der Waals surface area (Å²) in [7, 11) is 2.12. The first-order valence-electron chi connectivity index (χ1n) is 5.53. The maximum atomic E-state index is 5.88. The second kappa shape index (κ2) is 4.93. The van der Waals surface area contributed by atoms with Crippen molar-refractivity contribution in [3.8, 4) is 0 Å². The predicted octanol–water partition coefficient (Wildman–Crippen LogP) is 0.839. The lowest BCUT2D eigenvalue weighted by atomic mass is 10.3. The quantitative estimate of drug-likeness (QED) is 0.768. The van der Waals surface area contributed by atoms with Crippen molar-refractivity contribution in [3.63, 3.8) is 0 Å². The highest BCUT2D eigenvalue weighted by atomic mass is 35.5. The number of nitrogens with zero attached hydrogens (tertiary/aromatic N) is 5. The predicted molar refractivity (Wildman–Crippen MR) is 63.9 cm³/mol. The van der Waals surface area contributed by atoms with E-state index >= 15 is 0 Å². The number of piperazine rings is 1. The standard InChI is InChI=1S/C10H16ClN5/c1-3-8-12-9(11)14-10(13-8)16-6-4-15(2)5-7-16/h3-7H2,1-2H3. The highest BCUT2D eigenvalue weighted by molar-refractivity contribution is 6.28. The van der Waals surface area contributed by atoms with E-state index in [4.69, 9.17) is 11.6 Å². The third-order valence-corrected chi connectivity index (χ3v) is 2.91. The Hall–Kier alpha value is -0.940. The topological polar surface area (TPSA) is 45.2 Å². The van der Waals surface area contributed by atoms with Gasteiger partial charge in [0.2, 0.25) is 11.2 Å². The summed E-state index contributed by atoms with van der Waals surface area (Å²) in [5.41, 5.74) is 0. The molecule has 0 bridgehead atoms. The lowest BCUT2D eigenvalue weighted by Gasteiger charge is -2.32. The van der Waals surface area contributed by atoms with Gasteiger partial charge in [-0.15, -0.1) is 0 Å². The van der Waals surface area contributed by atoms with Crippen LogP contribution < -0.4 is 4.90 Å². The third kappa shape index (κ3) is 2.59. The van der Waals surface area contributed by atoms with Crippen LogP contribution in [0.15, 0.2) is 0 Å².